The lowest BCUT2D eigenvalue weighted by molar-refractivity contribution is -0.160. The highest BCUT2D eigenvalue weighted by atomic mass is 16.6. The third-order valence-corrected chi connectivity index (χ3v) is 4.04. The maximum atomic E-state index is 12.7. The Labute approximate surface area is 146 Å². The number of rotatable bonds is 7. The van der Waals surface area contributed by atoms with Crippen LogP contribution in [-0.2, 0) is 30.9 Å². The van der Waals surface area contributed by atoms with Crippen LogP contribution in [0.1, 0.15) is 25.3 Å². The van der Waals surface area contributed by atoms with E-state index in [1.54, 1.807) is 31.8 Å². The lowest BCUT2D eigenvalue weighted by Crippen LogP contribution is -2.50. The Morgan fingerprint density at radius 1 is 1.28 bits per heavy atom. The zero-order valence-corrected chi connectivity index (χ0v) is 14.7. The van der Waals surface area contributed by atoms with Gasteiger partial charge in [0.05, 0.1) is 25.3 Å². The number of amides is 1. The Kier molecular flexibility index (Phi) is 6.51. The van der Waals surface area contributed by atoms with E-state index in [4.69, 9.17) is 9.47 Å². The van der Waals surface area contributed by atoms with Crippen molar-refractivity contribution in [3.63, 3.8) is 0 Å². The Hall–Kier alpha value is -2.42. The molecule has 1 aliphatic heterocycles. The first-order valence-electron chi connectivity index (χ1n) is 8.30. The maximum Gasteiger partial charge on any atom is 0.340 e. The second kappa shape index (κ2) is 8.61. The highest BCUT2D eigenvalue weighted by molar-refractivity contribution is 6.02. The van der Waals surface area contributed by atoms with Gasteiger partial charge in [0.1, 0.15) is 0 Å². The van der Waals surface area contributed by atoms with Gasteiger partial charge in [-0.2, -0.15) is 5.10 Å². The van der Waals surface area contributed by atoms with Crippen LogP contribution in [0.2, 0.25) is 0 Å². The topological polar surface area (TPSA) is 112 Å². The summed E-state index contributed by atoms with van der Waals surface area (Å²) in [5.41, 5.74) is 0.927. The molecule has 1 fully saturated rings. The SMILES string of the molecule is CCOC(=O)C(NC(=O)[C@H]1CNC[C@@H]1c1cnn(C)c1)C(=O)OCC. The average molecular weight is 352 g/mol. The molecule has 1 aromatic heterocycles. The molecule has 1 amide bonds. The molecule has 0 radical (unpaired) electrons. The zero-order chi connectivity index (χ0) is 18.4. The van der Waals surface area contributed by atoms with E-state index >= 15 is 0 Å². The van der Waals surface area contributed by atoms with Gasteiger partial charge in [-0.1, -0.05) is 0 Å². The minimum atomic E-state index is -1.46. The molecule has 9 heteroatoms. The van der Waals surface area contributed by atoms with Crippen LogP contribution in [0.25, 0.3) is 0 Å². The summed E-state index contributed by atoms with van der Waals surface area (Å²) in [5, 5.41) is 9.77. The fourth-order valence-electron chi connectivity index (χ4n) is 2.85. The smallest absolute Gasteiger partial charge is 0.340 e. The lowest BCUT2D eigenvalue weighted by Gasteiger charge is -2.21. The summed E-state index contributed by atoms with van der Waals surface area (Å²) < 4.78 is 11.4. The molecular weight excluding hydrogens is 328 g/mol. The minimum absolute atomic E-state index is 0.0845. The van der Waals surface area contributed by atoms with Crippen molar-refractivity contribution < 1.29 is 23.9 Å². The van der Waals surface area contributed by atoms with Crippen LogP contribution in [0, 0.1) is 5.92 Å². The number of hydrogen-bond acceptors (Lipinski definition) is 7. The summed E-state index contributed by atoms with van der Waals surface area (Å²) in [7, 11) is 1.80. The fraction of sp³-hybridized carbons (Fsp3) is 0.625. The van der Waals surface area contributed by atoms with E-state index in [0.29, 0.717) is 13.1 Å². The number of carbonyl (C=O) groups excluding carboxylic acids is 3. The van der Waals surface area contributed by atoms with Gasteiger partial charge < -0.3 is 20.1 Å². The predicted octanol–water partition coefficient (Wildman–Crippen LogP) is -0.666. The van der Waals surface area contributed by atoms with Gasteiger partial charge in [0, 0.05) is 32.3 Å². The Bertz CT molecular complexity index is 612. The Morgan fingerprint density at radius 2 is 1.92 bits per heavy atom. The Balaban J connectivity index is 2.10. The van der Waals surface area contributed by atoms with Crippen molar-refractivity contribution in [1.82, 2.24) is 20.4 Å². The van der Waals surface area contributed by atoms with Gasteiger partial charge in [0.25, 0.3) is 0 Å². The standard InChI is InChI=1S/C16H24N4O5/c1-4-24-15(22)13(16(23)25-5-2)19-14(21)12-8-17-7-11(12)10-6-18-20(3)9-10/h6,9,11-13,17H,4-5,7-8H2,1-3H3,(H,19,21)/t11-,12+/m1/s1. The summed E-state index contributed by atoms with van der Waals surface area (Å²) in [6.45, 7) is 4.53. The first-order chi connectivity index (χ1) is 12.0. The van der Waals surface area contributed by atoms with Crippen molar-refractivity contribution in [2.45, 2.75) is 25.8 Å². The van der Waals surface area contributed by atoms with Gasteiger partial charge in [0.15, 0.2) is 0 Å². The largest absolute Gasteiger partial charge is 0.464 e. The third kappa shape index (κ3) is 4.56. The number of nitrogens with one attached hydrogen (secondary N) is 2. The van der Waals surface area contributed by atoms with Gasteiger partial charge in [-0.25, -0.2) is 9.59 Å². The molecule has 0 bridgehead atoms. The summed E-state index contributed by atoms with van der Waals surface area (Å²) in [6.07, 6.45) is 3.57. The molecule has 1 aromatic rings. The summed E-state index contributed by atoms with van der Waals surface area (Å²) >= 11 is 0. The minimum Gasteiger partial charge on any atom is -0.464 e. The second-order valence-corrected chi connectivity index (χ2v) is 5.76. The summed E-state index contributed by atoms with van der Waals surface area (Å²) in [6, 6.07) is -1.46. The number of aromatic nitrogens is 2. The number of hydrogen-bond donors (Lipinski definition) is 2. The third-order valence-electron chi connectivity index (χ3n) is 4.04. The highest BCUT2D eigenvalue weighted by Gasteiger charge is 2.39. The van der Waals surface area contributed by atoms with Crippen molar-refractivity contribution >= 4 is 17.8 Å². The van der Waals surface area contributed by atoms with Crippen molar-refractivity contribution in [3.05, 3.63) is 18.0 Å². The quantitative estimate of drug-likeness (QED) is 0.495. The molecule has 0 aliphatic carbocycles. The first-order valence-corrected chi connectivity index (χ1v) is 8.30. The molecular formula is C16H24N4O5. The molecule has 0 aromatic carbocycles. The molecule has 1 aliphatic rings. The van der Waals surface area contributed by atoms with Gasteiger partial charge >= 0.3 is 11.9 Å². The zero-order valence-electron chi connectivity index (χ0n) is 14.7. The average Bonchev–Trinajstić information content (AvgIpc) is 3.21. The van der Waals surface area contributed by atoms with E-state index in [2.05, 4.69) is 15.7 Å². The van der Waals surface area contributed by atoms with Crippen LogP contribution in [0.5, 0.6) is 0 Å². The number of esters is 2. The molecule has 0 saturated carbocycles. The summed E-state index contributed by atoms with van der Waals surface area (Å²) in [4.78, 5) is 36.7. The molecule has 9 nitrogen and oxygen atoms in total. The normalized spacial score (nSPS) is 19.7. The van der Waals surface area contributed by atoms with Crippen molar-refractivity contribution in [1.29, 1.82) is 0 Å². The van der Waals surface area contributed by atoms with E-state index in [1.165, 1.54) is 0 Å². The van der Waals surface area contributed by atoms with Gasteiger partial charge in [-0.3, -0.25) is 9.48 Å². The number of aryl methyl sites for hydroxylation is 1. The molecule has 25 heavy (non-hydrogen) atoms. The van der Waals surface area contributed by atoms with Crippen LogP contribution >= 0.6 is 0 Å². The first kappa shape index (κ1) is 18.9. The Morgan fingerprint density at radius 3 is 2.44 bits per heavy atom. The molecule has 2 N–H and O–H groups in total. The molecule has 0 unspecified atom stereocenters. The monoisotopic (exact) mass is 352 g/mol. The van der Waals surface area contributed by atoms with Crippen molar-refractivity contribution in [3.8, 4) is 0 Å². The predicted molar refractivity (Wildman–Crippen MR) is 87.5 cm³/mol. The van der Waals surface area contributed by atoms with E-state index in [0.717, 1.165) is 5.56 Å². The van der Waals surface area contributed by atoms with E-state index in [9.17, 15) is 14.4 Å². The van der Waals surface area contributed by atoms with Crippen LogP contribution in [0.15, 0.2) is 12.4 Å². The van der Waals surface area contributed by atoms with Crippen LogP contribution < -0.4 is 10.6 Å². The lowest BCUT2D eigenvalue weighted by atomic mass is 9.90. The second-order valence-electron chi connectivity index (χ2n) is 5.76. The molecule has 2 rings (SSSR count). The van der Waals surface area contributed by atoms with Gasteiger partial charge in [-0.05, 0) is 19.4 Å². The number of carbonyl (C=O) groups is 3. The van der Waals surface area contributed by atoms with Crippen molar-refractivity contribution in [2.75, 3.05) is 26.3 Å². The number of ether oxygens (including phenoxy) is 2. The van der Waals surface area contributed by atoms with E-state index in [-0.39, 0.29) is 19.1 Å². The van der Waals surface area contributed by atoms with Crippen LogP contribution in [-0.4, -0.2) is 60.0 Å². The molecule has 1 saturated heterocycles. The highest BCUT2D eigenvalue weighted by Crippen LogP contribution is 2.28. The molecule has 2 atom stereocenters. The number of nitrogens with zero attached hydrogens (tertiary/aromatic N) is 2. The van der Waals surface area contributed by atoms with Crippen LogP contribution in [0.3, 0.4) is 0 Å². The van der Waals surface area contributed by atoms with E-state index in [1.807, 2.05) is 6.20 Å². The fourth-order valence-corrected chi connectivity index (χ4v) is 2.85. The summed E-state index contributed by atoms with van der Waals surface area (Å²) in [5.74, 6) is -2.55. The maximum absolute atomic E-state index is 12.7. The van der Waals surface area contributed by atoms with Crippen molar-refractivity contribution in [2.24, 2.45) is 13.0 Å². The van der Waals surface area contributed by atoms with Gasteiger partial charge in [-0.15, -0.1) is 0 Å². The molecule has 138 valence electrons. The van der Waals surface area contributed by atoms with Crippen LogP contribution in [0.4, 0.5) is 0 Å². The van der Waals surface area contributed by atoms with Gasteiger partial charge in [0.2, 0.25) is 11.9 Å². The molecule has 2 heterocycles. The van der Waals surface area contributed by atoms with E-state index < -0.39 is 29.8 Å². The molecule has 0 spiro atoms.